The number of fused-ring (bicyclic) bond motifs is 1. The molecule has 0 unspecified atom stereocenters. The van der Waals surface area contributed by atoms with E-state index < -0.39 is 0 Å². The van der Waals surface area contributed by atoms with E-state index in [0.29, 0.717) is 36.1 Å². The SMILES string of the molecule is Cc1noc(C)c1C(=O)NC[C@H]1CCOc2ccccc2C1. The summed E-state index contributed by atoms with van der Waals surface area (Å²) in [7, 11) is 0. The lowest BCUT2D eigenvalue weighted by Gasteiger charge is -2.14. The van der Waals surface area contributed by atoms with Crippen LogP contribution in [0.1, 0.15) is 33.8 Å². The van der Waals surface area contributed by atoms with Crippen LogP contribution in [-0.4, -0.2) is 24.2 Å². The lowest BCUT2D eigenvalue weighted by atomic mass is 9.97. The molecular formula is C17H20N2O3. The highest BCUT2D eigenvalue weighted by atomic mass is 16.5. The zero-order valence-electron chi connectivity index (χ0n) is 12.9. The molecule has 0 fully saturated rings. The Morgan fingerprint density at radius 3 is 2.95 bits per heavy atom. The Morgan fingerprint density at radius 2 is 2.18 bits per heavy atom. The summed E-state index contributed by atoms with van der Waals surface area (Å²) in [6.45, 7) is 4.84. The number of carbonyl (C=O) groups excluding carboxylic acids is 1. The van der Waals surface area contributed by atoms with Crippen LogP contribution in [0.2, 0.25) is 0 Å². The van der Waals surface area contributed by atoms with Crippen LogP contribution in [-0.2, 0) is 6.42 Å². The van der Waals surface area contributed by atoms with Gasteiger partial charge in [0.2, 0.25) is 0 Å². The first-order chi connectivity index (χ1) is 10.6. The van der Waals surface area contributed by atoms with Crippen LogP contribution >= 0.6 is 0 Å². The van der Waals surface area contributed by atoms with Crippen molar-refractivity contribution in [1.29, 1.82) is 0 Å². The van der Waals surface area contributed by atoms with Gasteiger partial charge in [-0.15, -0.1) is 0 Å². The zero-order valence-corrected chi connectivity index (χ0v) is 12.9. The van der Waals surface area contributed by atoms with Gasteiger partial charge in [-0.05, 0) is 44.2 Å². The molecule has 1 aromatic heterocycles. The first kappa shape index (κ1) is 14.6. The van der Waals surface area contributed by atoms with Crippen molar-refractivity contribution in [3.8, 4) is 5.75 Å². The van der Waals surface area contributed by atoms with Gasteiger partial charge >= 0.3 is 0 Å². The molecule has 0 saturated carbocycles. The number of nitrogens with one attached hydrogen (secondary N) is 1. The quantitative estimate of drug-likeness (QED) is 0.946. The minimum Gasteiger partial charge on any atom is -0.493 e. The van der Waals surface area contributed by atoms with Gasteiger partial charge in [-0.2, -0.15) is 0 Å². The van der Waals surface area contributed by atoms with Gasteiger partial charge in [0.1, 0.15) is 17.1 Å². The number of hydrogen-bond acceptors (Lipinski definition) is 4. The molecule has 22 heavy (non-hydrogen) atoms. The van der Waals surface area contributed by atoms with Crippen molar-refractivity contribution in [3.63, 3.8) is 0 Å². The first-order valence-corrected chi connectivity index (χ1v) is 7.57. The number of benzene rings is 1. The van der Waals surface area contributed by atoms with Gasteiger partial charge in [-0.3, -0.25) is 4.79 Å². The average Bonchev–Trinajstić information content (AvgIpc) is 2.73. The van der Waals surface area contributed by atoms with Gasteiger partial charge in [0.15, 0.2) is 0 Å². The second-order valence-electron chi connectivity index (χ2n) is 5.72. The lowest BCUT2D eigenvalue weighted by Crippen LogP contribution is -2.31. The molecule has 116 valence electrons. The van der Waals surface area contributed by atoms with E-state index in [-0.39, 0.29) is 5.91 Å². The maximum Gasteiger partial charge on any atom is 0.256 e. The number of nitrogens with zero attached hydrogens (tertiary/aromatic N) is 1. The molecule has 2 heterocycles. The normalized spacial score (nSPS) is 17.3. The molecule has 1 amide bonds. The van der Waals surface area contributed by atoms with E-state index in [0.717, 1.165) is 18.6 Å². The lowest BCUT2D eigenvalue weighted by molar-refractivity contribution is 0.0943. The molecule has 0 radical (unpaired) electrons. The number of amides is 1. The Labute approximate surface area is 129 Å². The summed E-state index contributed by atoms with van der Waals surface area (Å²) in [5.74, 6) is 1.77. The molecule has 0 saturated heterocycles. The highest BCUT2D eigenvalue weighted by Crippen LogP contribution is 2.26. The Balaban J connectivity index is 1.63. The zero-order chi connectivity index (χ0) is 15.5. The molecule has 1 atom stereocenters. The Morgan fingerprint density at radius 1 is 1.36 bits per heavy atom. The molecular weight excluding hydrogens is 280 g/mol. The molecule has 1 aliphatic heterocycles. The van der Waals surface area contributed by atoms with Crippen molar-refractivity contribution in [1.82, 2.24) is 10.5 Å². The fourth-order valence-corrected chi connectivity index (χ4v) is 2.87. The third-order valence-corrected chi connectivity index (χ3v) is 4.08. The summed E-state index contributed by atoms with van der Waals surface area (Å²) in [5.41, 5.74) is 2.38. The molecule has 1 aromatic carbocycles. The molecule has 5 heteroatoms. The predicted octanol–water partition coefficient (Wildman–Crippen LogP) is 2.66. The number of rotatable bonds is 3. The van der Waals surface area contributed by atoms with Crippen molar-refractivity contribution in [3.05, 3.63) is 46.8 Å². The van der Waals surface area contributed by atoms with Crippen LogP contribution in [0.25, 0.3) is 0 Å². The van der Waals surface area contributed by atoms with Crippen LogP contribution in [0.5, 0.6) is 5.75 Å². The summed E-state index contributed by atoms with van der Waals surface area (Å²) >= 11 is 0. The number of carbonyl (C=O) groups is 1. The van der Waals surface area contributed by atoms with Gasteiger partial charge < -0.3 is 14.6 Å². The smallest absolute Gasteiger partial charge is 0.256 e. The molecule has 1 N–H and O–H groups in total. The number of hydrogen-bond donors (Lipinski definition) is 1. The fourth-order valence-electron chi connectivity index (χ4n) is 2.87. The maximum absolute atomic E-state index is 12.3. The molecule has 1 aliphatic rings. The molecule has 0 aliphatic carbocycles. The highest BCUT2D eigenvalue weighted by Gasteiger charge is 2.21. The summed E-state index contributed by atoms with van der Waals surface area (Å²) in [6.07, 6.45) is 1.84. The van der Waals surface area contributed by atoms with E-state index in [1.54, 1.807) is 13.8 Å². The number of aryl methyl sites for hydroxylation is 2. The highest BCUT2D eigenvalue weighted by molar-refractivity contribution is 5.96. The van der Waals surface area contributed by atoms with Crippen LogP contribution in [0.4, 0.5) is 0 Å². The third-order valence-electron chi connectivity index (χ3n) is 4.08. The Kier molecular flexibility index (Phi) is 4.13. The molecule has 0 bridgehead atoms. The van der Waals surface area contributed by atoms with Crippen molar-refractivity contribution < 1.29 is 14.1 Å². The summed E-state index contributed by atoms with van der Waals surface area (Å²) in [4.78, 5) is 12.3. The molecule has 5 nitrogen and oxygen atoms in total. The van der Waals surface area contributed by atoms with Gasteiger partial charge in [0.25, 0.3) is 5.91 Å². The van der Waals surface area contributed by atoms with Crippen molar-refractivity contribution in [2.75, 3.05) is 13.2 Å². The number of para-hydroxylation sites is 1. The van der Waals surface area contributed by atoms with E-state index in [1.165, 1.54) is 5.56 Å². The maximum atomic E-state index is 12.3. The first-order valence-electron chi connectivity index (χ1n) is 7.57. The second-order valence-corrected chi connectivity index (χ2v) is 5.72. The monoisotopic (exact) mass is 300 g/mol. The topological polar surface area (TPSA) is 64.4 Å². The predicted molar refractivity (Wildman–Crippen MR) is 82.1 cm³/mol. The van der Waals surface area contributed by atoms with Gasteiger partial charge in [-0.25, -0.2) is 0 Å². The average molecular weight is 300 g/mol. The minimum atomic E-state index is -0.116. The van der Waals surface area contributed by atoms with Gasteiger partial charge in [0.05, 0.1) is 12.3 Å². The van der Waals surface area contributed by atoms with E-state index in [1.807, 2.05) is 18.2 Å². The van der Waals surface area contributed by atoms with Crippen LogP contribution < -0.4 is 10.1 Å². The van der Waals surface area contributed by atoms with Crippen LogP contribution in [0, 0.1) is 19.8 Å². The van der Waals surface area contributed by atoms with Crippen molar-refractivity contribution in [2.24, 2.45) is 5.92 Å². The van der Waals surface area contributed by atoms with Crippen molar-refractivity contribution >= 4 is 5.91 Å². The summed E-state index contributed by atoms with van der Waals surface area (Å²) < 4.78 is 10.8. The largest absolute Gasteiger partial charge is 0.493 e. The third kappa shape index (κ3) is 2.98. The van der Waals surface area contributed by atoms with Crippen LogP contribution in [0.3, 0.4) is 0 Å². The van der Waals surface area contributed by atoms with E-state index in [2.05, 4.69) is 16.5 Å². The van der Waals surface area contributed by atoms with E-state index in [9.17, 15) is 4.79 Å². The minimum absolute atomic E-state index is 0.116. The molecule has 0 spiro atoms. The van der Waals surface area contributed by atoms with Crippen molar-refractivity contribution in [2.45, 2.75) is 26.7 Å². The second kappa shape index (κ2) is 6.22. The van der Waals surface area contributed by atoms with Gasteiger partial charge in [-0.1, -0.05) is 23.4 Å². The van der Waals surface area contributed by atoms with E-state index >= 15 is 0 Å². The molecule has 3 rings (SSSR count). The van der Waals surface area contributed by atoms with Crippen LogP contribution in [0.15, 0.2) is 28.8 Å². The Hall–Kier alpha value is -2.30. The van der Waals surface area contributed by atoms with E-state index in [4.69, 9.17) is 9.26 Å². The standard InChI is InChI=1S/C17H20N2O3/c1-11-16(12(2)22-19-11)17(20)18-10-13-7-8-21-15-6-4-3-5-14(15)9-13/h3-6,13H,7-10H2,1-2H3,(H,18,20)/t13-/m0/s1. The number of ether oxygens (including phenoxy) is 1. The fraction of sp³-hybridized carbons (Fsp3) is 0.412. The molecule has 2 aromatic rings. The Bertz CT molecular complexity index is 659. The summed E-state index contributed by atoms with van der Waals surface area (Å²) in [6, 6.07) is 8.09. The van der Waals surface area contributed by atoms with Gasteiger partial charge in [0, 0.05) is 6.54 Å². The number of aromatic nitrogens is 1. The summed E-state index contributed by atoms with van der Waals surface area (Å²) in [5, 5.41) is 6.82.